The molecule has 130 valence electrons. The van der Waals surface area contributed by atoms with Crippen LogP contribution in [0.2, 0.25) is 10.0 Å². The molecule has 0 bridgehead atoms. The van der Waals surface area contributed by atoms with Crippen LogP contribution in [0.5, 0.6) is 0 Å². The van der Waals surface area contributed by atoms with E-state index < -0.39 is 0 Å². The third-order valence-corrected chi connectivity index (χ3v) is 5.16. The van der Waals surface area contributed by atoms with E-state index in [0.29, 0.717) is 32.8 Å². The molecule has 1 aromatic rings. The number of rotatable bonds is 3. The minimum atomic E-state index is 0.304. The highest BCUT2D eigenvalue weighted by molar-refractivity contribution is 7.80. The lowest BCUT2D eigenvalue weighted by molar-refractivity contribution is 0.440. The van der Waals surface area contributed by atoms with Gasteiger partial charge in [0.05, 0.1) is 10.0 Å². The van der Waals surface area contributed by atoms with Crippen molar-refractivity contribution >= 4 is 57.9 Å². The molecule has 8 heteroatoms. The largest absolute Gasteiger partial charge is 0.376 e. The molecule has 2 fully saturated rings. The molecule has 1 aromatic carbocycles. The Morgan fingerprint density at radius 3 is 2.25 bits per heavy atom. The molecule has 1 aliphatic carbocycles. The van der Waals surface area contributed by atoms with Crippen LogP contribution in [0.25, 0.3) is 0 Å². The summed E-state index contributed by atoms with van der Waals surface area (Å²) in [6.07, 6.45) is 5.79. The summed E-state index contributed by atoms with van der Waals surface area (Å²) in [4.78, 5) is 6.44. The highest BCUT2D eigenvalue weighted by Gasteiger charge is 2.25. The first-order valence-corrected chi connectivity index (χ1v) is 9.37. The summed E-state index contributed by atoms with van der Waals surface area (Å²) in [6, 6.07) is 3.99. The fourth-order valence-electron chi connectivity index (χ4n) is 3.27. The van der Waals surface area contributed by atoms with E-state index in [4.69, 9.17) is 41.2 Å². The molecule has 5 nitrogen and oxygen atoms in total. The van der Waals surface area contributed by atoms with Crippen LogP contribution in [0.3, 0.4) is 0 Å². The van der Waals surface area contributed by atoms with Crippen LogP contribution in [-0.2, 0) is 0 Å². The number of anilines is 1. The van der Waals surface area contributed by atoms with Gasteiger partial charge in [-0.15, -0.1) is 0 Å². The maximum atomic E-state index is 6.44. The van der Waals surface area contributed by atoms with Gasteiger partial charge in [-0.25, -0.2) is 4.99 Å². The monoisotopic (exact) mass is 385 g/mol. The first-order valence-electron chi connectivity index (χ1n) is 8.20. The first-order chi connectivity index (χ1) is 11.6. The lowest BCUT2D eigenvalue weighted by Crippen LogP contribution is -2.44. The zero-order valence-electron chi connectivity index (χ0n) is 13.3. The minimum absolute atomic E-state index is 0.304. The molecular formula is C16H21Cl2N5S. The van der Waals surface area contributed by atoms with Crippen molar-refractivity contribution in [3.05, 3.63) is 22.2 Å². The number of guanidine groups is 1. The van der Waals surface area contributed by atoms with E-state index in [0.717, 1.165) is 31.6 Å². The summed E-state index contributed by atoms with van der Waals surface area (Å²) in [5.74, 6) is 0.685. The summed E-state index contributed by atoms with van der Waals surface area (Å²) >= 11 is 18.2. The van der Waals surface area contributed by atoms with E-state index in [2.05, 4.69) is 15.6 Å². The zero-order valence-corrected chi connectivity index (χ0v) is 15.6. The van der Waals surface area contributed by atoms with E-state index in [-0.39, 0.29) is 0 Å². The lowest BCUT2D eigenvalue weighted by Gasteiger charge is -2.35. The number of halogens is 2. The third-order valence-electron chi connectivity index (χ3n) is 4.39. The molecule has 1 saturated carbocycles. The second kappa shape index (κ2) is 7.76. The van der Waals surface area contributed by atoms with Crippen LogP contribution in [-0.4, -0.2) is 30.2 Å². The van der Waals surface area contributed by atoms with Gasteiger partial charge < -0.3 is 21.3 Å². The van der Waals surface area contributed by atoms with E-state index >= 15 is 0 Å². The number of hydrogen-bond donors (Lipinski definition) is 3. The van der Waals surface area contributed by atoms with Gasteiger partial charge in [0.2, 0.25) is 0 Å². The second-order valence-electron chi connectivity index (χ2n) is 6.07. The second-order valence-corrected chi connectivity index (χ2v) is 7.30. The smallest absolute Gasteiger partial charge is 0.196 e. The molecule has 0 amide bonds. The van der Waals surface area contributed by atoms with Gasteiger partial charge in [-0.1, -0.05) is 42.5 Å². The number of hydrogen-bond acceptors (Lipinski definition) is 2. The molecule has 3 rings (SSSR count). The van der Waals surface area contributed by atoms with E-state index in [1.807, 2.05) is 17.0 Å². The zero-order chi connectivity index (χ0) is 17.1. The number of benzene rings is 1. The van der Waals surface area contributed by atoms with Gasteiger partial charge in [-0.3, -0.25) is 0 Å². The fourth-order valence-corrected chi connectivity index (χ4v) is 4.08. The molecule has 0 radical (unpaired) electrons. The predicted molar refractivity (Wildman–Crippen MR) is 106 cm³/mol. The molecule has 4 N–H and O–H groups in total. The minimum Gasteiger partial charge on any atom is -0.376 e. The normalized spacial score (nSPS) is 18.0. The number of aliphatic imine (C=N–C) groups is 1. The first kappa shape index (κ1) is 17.6. The Morgan fingerprint density at radius 1 is 1.12 bits per heavy atom. The summed E-state index contributed by atoms with van der Waals surface area (Å²) in [6.45, 7) is 1.67. The van der Waals surface area contributed by atoms with Crippen molar-refractivity contribution in [3.8, 4) is 0 Å². The Bertz CT molecular complexity index is 627. The van der Waals surface area contributed by atoms with Crippen molar-refractivity contribution in [3.63, 3.8) is 0 Å². The molecule has 0 aromatic heterocycles. The van der Waals surface area contributed by atoms with Crippen LogP contribution in [0.4, 0.5) is 11.4 Å². The van der Waals surface area contributed by atoms with Crippen molar-refractivity contribution in [2.75, 3.05) is 18.0 Å². The van der Waals surface area contributed by atoms with Crippen molar-refractivity contribution < 1.29 is 0 Å². The molecule has 1 heterocycles. The van der Waals surface area contributed by atoms with Crippen molar-refractivity contribution in [1.29, 1.82) is 0 Å². The highest BCUT2D eigenvalue weighted by atomic mass is 35.5. The van der Waals surface area contributed by atoms with Crippen LogP contribution in [0.1, 0.15) is 32.1 Å². The molecule has 0 unspecified atom stereocenters. The van der Waals surface area contributed by atoms with E-state index in [9.17, 15) is 0 Å². The maximum Gasteiger partial charge on any atom is 0.196 e. The number of nitrogens with one attached hydrogen (secondary N) is 2. The topological polar surface area (TPSA) is 65.7 Å². The average Bonchev–Trinajstić information content (AvgIpc) is 3.05. The van der Waals surface area contributed by atoms with Crippen molar-refractivity contribution in [1.82, 2.24) is 10.6 Å². The van der Waals surface area contributed by atoms with Gasteiger partial charge in [-0.05, 0) is 37.2 Å². The molecule has 24 heavy (non-hydrogen) atoms. The lowest BCUT2D eigenvalue weighted by atomic mass is 9.94. The molecule has 1 aliphatic heterocycles. The Balaban J connectivity index is 1.92. The highest BCUT2D eigenvalue weighted by Crippen LogP contribution is 2.39. The number of nitrogens with zero attached hydrogens (tertiary/aromatic N) is 2. The summed E-state index contributed by atoms with van der Waals surface area (Å²) < 4.78 is 0. The van der Waals surface area contributed by atoms with Crippen LogP contribution in [0, 0.1) is 0 Å². The molecular weight excluding hydrogens is 365 g/mol. The van der Waals surface area contributed by atoms with Crippen molar-refractivity contribution in [2.24, 2.45) is 10.7 Å². The fraction of sp³-hybridized carbons (Fsp3) is 0.500. The maximum absolute atomic E-state index is 6.44. The predicted octanol–water partition coefficient (Wildman–Crippen LogP) is 3.56. The molecule has 0 spiro atoms. The molecule has 1 saturated heterocycles. The van der Waals surface area contributed by atoms with E-state index in [1.54, 1.807) is 0 Å². The SMILES string of the molecule is NC(=S)N(c1cc(Cl)c(N=C2NCCN2)c(Cl)c1)C1CCCCC1. The van der Waals surface area contributed by atoms with Gasteiger partial charge in [0, 0.05) is 24.8 Å². The summed E-state index contributed by atoms with van der Waals surface area (Å²) in [5.41, 5.74) is 7.37. The van der Waals surface area contributed by atoms with Crippen LogP contribution >= 0.6 is 35.4 Å². The average molecular weight is 386 g/mol. The third kappa shape index (κ3) is 3.87. The van der Waals surface area contributed by atoms with E-state index in [1.165, 1.54) is 19.3 Å². The Hall–Kier alpha value is -1.24. The van der Waals surface area contributed by atoms with Gasteiger partial charge >= 0.3 is 0 Å². The quantitative estimate of drug-likeness (QED) is 0.694. The van der Waals surface area contributed by atoms with Gasteiger partial charge in [-0.2, -0.15) is 0 Å². The van der Waals surface area contributed by atoms with Gasteiger partial charge in [0.15, 0.2) is 11.1 Å². The summed E-state index contributed by atoms with van der Waals surface area (Å²) in [7, 11) is 0. The summed E-state index contributed by atoms with van der Waals surface area (Å²) in [5, 5.41) is 7.60. The standard InChI is InChI=1S/C16H21Cl2N5S/c17-12-8-11(23(15(19)24)10-4-2-1-3-5-10)9-13(18)14(12)22-16-20-6-7-21-16/h8-10H,1-7H2,(H2,19,24)(H2,20,21,22). The number of nitrogens with two attached hydrogens (primary N) is 1. The van der Waals surface area contributed by atoms with Crippen LogP contribution in [0.15, 0.2) is 17.1 Å². The van der Waals surface area contributed by atoms with Crippen molar-refractivity contribution in [2.45, 2.75) is 38.1 Å². The Labute approximate surface area is 157 Å². The van der Waals surface area contributed by atoms with Gasteiger partial charge in [0.25, 0.3) is 0 Å². The molecule has 0 atom stereocenters. The van der Waals surface area contributed by atoms with Gasteiger partial charge in [0.1, 0.15) is 5.69 Å². The number of thiocarbonyl (C=S) groups is 1. The van der Waals surface area contributed by atoms with Crippen LogP contribution < -0.4 is 21.3 Å². The Kier molecular flexibility index (Phi) is 5.69. The molecule has 2 aliphatic rings. The Morgan fingerprint density at radius 2 is 1.71 bits per heavy atom.